The van der Waals surface area contributed by atoms with Gasteiger partial charge in [0.1, 0.15) is 0 Å². The van der Waals surface area contributed by atoms with E-state index in [1.807, 2.05) is 0 Å². The molecule has 0 radical (unpaired) electrons. The van der Waals surface area contributed by atoms with Crippen LogP contribution in [-0.4, -0.2) is 18.0 Å². The topological polar surface area (TPSA) is 3.24 Å². The minimum Gasteiger partial charge on any atom is -0.374 e. The van der Waals surface area contributed by atoms with E-state index >= 15 is 0 Å². The van der Waals surface area contributed by atoms with Crippen LogP contribution in [0.15, 0.2) is 23.4 Å². The third-order valence-corrected chi connectivity index (χ3v) is 7.15. The average molecular weight is 344 g/mol. The molecule has 0 atom stereocenters. The molecule has 3 rings (SSSR count). The van der Waals surface area contributed by atoms with Crippen molar-refractivity contribution in [2.75, 3.05) is 13.1 Å². The Kier molecular flexibility index (Phi) is 5.43. The highest BCUT2D eigenvalue weighted by Crippen LogP contribution is 2.53. The predicted octanol–water partition coefficient (Wildman–Crippen LogP) is 7.10. The minimum absolute atomic E-state index is 0.333. The molecule has 1 fully saturated rings. The lowest BCUT2D eigenvalue weighted by Gasteiger charge is -2.52. The lowest BCUT2D eigenvalue weighted by Crippen LogP contribution is -2.46. The summed E-state index contributed by atoms with van der Waals surface area (Å²) in [5.41, 5.74) is 4.83. The largest absolute Gasteiger partial charge is 0.374 e. The summed E-state index contributed by atoms with van der Waals surface area (Å²) < 4.78 is 0. The van der Waals surface area contributed by atoms with Crippen molar-refractivity contribution in [1.82, 2.24) is 4.90 Å². The highest BCUT2D eigenvalue weighted by Gasteiger charge is 2.44. The van der Waals surface area contributed by atoms with Crippen LogP contribution in [0, 0.1) is 16.2 Å². The summed E-state index contributed by atoms with van der Waals surface area (Å²) in [7, 11) is 0. The van der Waals surface area contributed by atoms with E-state index < -0.39 is 0 Å². The van der Waals surface area contributed by atoms with Crippen LogP contribution in [0.5, 0.6) is 0 Å². The van der Waals surface area contributed by atoms with Crippen molar-refractivity contribution in [1.29, 1.82) is 0 Å². The minimum atomic E-state index is 0.333. The third kappa shape index (κ3) is 4.52. The van der Waals surface area contributed by atoms with Gasteiger partial charge >= 0.3 is 0 Å². The van der Waals surface area contributed by atoms with E-state index in [9.17, 15) is 0 Å². The molecular weight excluding hydrogens is 302 g/mol. The van der Waals surface area contributed by atoms with Crippen LogP contribution >= 0.6 is 0 Å². The first kappa shape index (κ1) is 19.1. The second kappa shape index (κ2) is 7.12. The van der Waals surface area contributed by atoms with Gasteiger partial charge in [0.15, 0.2) is 0 Å². The Hall–Kier alpha value is -0.720. The van der Waals surface area contributed by atoms with Gasteiger partial charge in [-0.05, 0) is 66.8 Å². The standard InChI is InChI=1S/C24H41N/c1-6-7-8-9-16-25-19-24(14-12-22(2,3)13-15-24)17-20-10-11-23(4,5)18-21(20)25/h10-11H,6-9,12-19H2,1-5H3. The van der Waals surface area contributed by atoms with Crippen LogP contribution in [0.3, 0.4) is 0 Å². The quantitative estimate of drug-likeness (QED) is 0.481. The van der Waals surface area contributed by atoms with Crippen molar-refractivity contribution in [2.24, 2.45) is 16.2 Å². The first-order valence-electron chi connectivity index (χ1n) is 10.9. The molecule has 0 aromatic rings. The van der Waals surface area contributed by atoms with Crippen LogP contribution < -0.4 is 0 Å². The van der Waals surface area contributed by atoms with Crippen molar-refractivity contribution < 1.29 is 0 Å². The Balaban J connectivity index is 1.77. The molecule has 1 heterocycles. The van der Waals surface area contributed by atoms with E-state index in [0.29, 0.717) is 16.2 Å². The molecule has 0 amide bonds. The summed E-state index contributed by atoms with van der Waals surface area (Å²) in [5, 5.41) is 0. The Morgan fingerprint density at radius 2 is 1.64 bits per heavy atom. The number of nitrogens with zero attached hydrogens (tertiary/aromatic N) is 1. The third-order valence-electron chi connectivity index (χ3n) is 7.15. The first-order valence-corrected chi connectivity index (χ1v) is 10.9. The first-order chi connectivity index (χ1) is 11.7. The molecule has 0 aromatic carbocycles. The summed E-state index contributed by atoms with van der Waals surface area (Å²) in [6.45, 7) is 14.7. The molecule has 3 aliphatic rings. The molecule has 0 N–H and O–H groups in total. The van der Waals surface area contributed by atoms with Gasteiger partial charge in [0, 0.05) is 18.8 Å². The zero-order chi connectivity index (χ0) is 18.1. The smallest absolute Gasteiger partial charge is 0.0234 e. The fourth-order valence-electron chi connectivity index (χ4n) is 5.20. The molecule has 1 aliphatic heterocycles. The van der Waals surface area contributed by atoms with E-state index in [2.05, 4.69) is 51.7 Å². The van der Waals surface area contributed by atoms with E-state index in [1.165, 1.54) is 77.3 Å². The zero-order valence-corrected chi connectivity index (χ0v) is 17.6. The molecule has 1 spiro atoms. The second-order valence-electron chi connectivity index (χ2n) is 10.8. The maximum absolute atomic E-state index is 2.83. The van der Waals surface area contributed by atoms with Gasteiger partial charge in [-0.25, -0.2) is 0 Å². The average Bonchev–Trinajstić information content (AvgIpc) is 2.55. The lowest BCUT2D eigenvalue weighted by atomic mass is 9.60. The summed E-state index contributed by atoms with van der Waals surface area (Å²) >= 11 is 0. The molecule has 1 heteroatoms. The lowest BCUT2D eigenvalue weighted by molar-refractivity contribution is 0.0526. The Labute approximate surface area is 156 Å². The van der Waals surface area contributed by atoms with Crippen molar-refractivity contribution in [2.45, 2.75) is 98.8 Å². The molecule has 0 bridgehead atoms. The molecule has 142 valence electrons. The van der Waals surface area contributed by atoms with Crippen LogP contribution in [0.1, 0.15) is 98.8 Å². The summed E-state index contributed by atoms with van der Waals surface area (Å²) in [5.74, 6) is 0. The molecule has 0 aromatic heterocycles. The molecule has 1 saturated carbocycles. The van der Waals surface area contributed by atoms with Crippen molar-refractivity contribution in [3.05, 3.63) is 23.4 Å². The Bertz CT molecular complexity index is 524. The second-order valence-corrected chi connectivity index (χ2v) is 10.8. The number of hydrogen-bond acceptors (Lipinski definition) is 1. The van der Waals surface area contributed by atoms with Crippen molar-refractivity contribution in [3.8, 4) is 0 Å². The fraction of sp³-hybridized carbons (Fsp3) is 0.833. The van der Waals surface area contributed by atoms with Gasteiger partial charge in [-0.2, -0.15) is 0 Å². The van der Waals surface area contributed by atoms with Gasteiger partial charge in [-0.15, -0.1) is 0 Å². The van der Waals surface area contributed by atoms with Gasteiger partial charge in [-0.3, -0.25) is 0 Å². The van der Waals surface area contributed by atoms with Gasteiger partial charge in [0.25, 0.3) is 0 Å². The van der Waals surface area contributed by atoms with Crippen LogP contribution in [0.4, 0.5) is 0 Å². The number of allylic oxidation sites excluding steroid dienone is 4. The van der Waals surface area contributed by atoms with Crippen molar-refractivity contribution >= 4 is 0 Å². The molecule has 1 nitrogen and oxygen atoms in total. The highest BCUT2D eigenvalue weighted by atomic mass is 15.2. The normalized spacial score (nSPS) is 26.8. The summed E-state index contributed by atoms with van der Waals surface area (Å²) in [6.07, 6.45) is 18.7. The molecule has 0 saturated heterocycles. The summed E-state index contributed by atoms with van der Waals surface area (Å²) in [4.78, 5) is 2.83. The van der Waals surface area contributed by atoms with Crippen molar-refractivity contribution in [3.63, 3.8) is 0 Å². The molecular formula is C24H41N. The Morgan fingerprint density at radius 3 is 2.32 bits per heavy atom. The van der Waals surface area contributed by atoms with Crippen LogP contribution in [0.2, 0.25) is 0 Å². The molecule has 25 heavy (non-hydrogen) atoms. The zero-order valence-electron chi connectivity index (χ0n) is 17.6. The predicted molar refractivity (Wildman–Crippen MR) is 110 cm³/mol. The highest BCUT2D eigenvalue weighted by molar-refractivity contribution is 5.35. The van der Waals surface area contributed by atoms with Gasteiger partial charge in [-0.1, -0.05) is 66.0 Å². The number of hydrogen-bond donors (Lipinski definition) is 0. The van der Waals surface area contributed by atoms with Crippen LogP contribution in [0.25, 0.3) is 0 Å². The molecule has 2 aliphatic carbocycles. The van der Waals surface area contributed by atoms with Gasteiger partial charge in [0.2, 0.25) is 0 Å². The fourth-order valence-corrected chi connectivity index (χ4v) is 5.20. The van der Waals surface area contributed by atoms with E-state index in [4.69, 9.17) is 0 Å². The Morgan fingerprint density at radius 1 is 0.920 bits per heavy atom. The van der Waals surface area contributed by atoms with E-state index in [1.54, 1.807) is 11.3 Å². The monoisotopic (exact) mass is 343 g/mol. The number of unbranched alkanes of at least 4 members (excludes halogenated alkanes) is 3. The van der Waals surface area contributed by atoms with Gasteiger partial charge in [0.05, 0.1) is 0 Å². The maximum atomic E-state index is 2.83. The molecule has 0 unspecified atom stereocenters. The maximum Gasteiger partial charge on any atom is 0.0234 e. The van der Waals surface area contributed by atoms with Gasteiger partial charge < -0.3 is 4.90 Å². The SMILES string of the molecule is CCCCCCN1CC2(CCC(C)(C)CC2)CC2=C1CC(C)(C)C=C2. The van der Waals surface area contributed by atoms with Crippen LogP contribution in [-0.2, 0) is 0 Å². The number of rotatable bonds is 5. The summed E-state index contributed by atoms with van der Waals surface area (Å²) in [6, 6.07) is 0. The van der Waals surface area contributed by atoms with E-state index in [-0.39, 0.29) is 0 Å². The van der Waals surface area contributed by atoms with E-state index in [0.717, 1.165) is 0 Å².